The lowest BCUT2D eigenvalue weighted by Gasteiger charge is -2.33. The molecular formula is C44H32F9N5O4. The molecule has 9 nitrogen and oxygen atoms in total. The number of benzene rings is 6. The van der Waals surface area contributed by atoms with Crippen molar-refractivity contribution in [2.45, 2.75) is 37.8 Å². The number of esters is 2. The molecule has 0 aromatic heterocycles. The number of carbonyl (C=O) groups is 2. The molecule has 0 N–H and O–H groups in total. The van der Waals surface area contributed by atoms with Gasteiger partial charge < -0.3 is 14.4 Å². The van der Waals surface area contributed by atoms with Crippen molar-refractivity contribution in [3.63, 3.8) is 0 Å². The number of halogens is 9. The number of nitrogens with zero attached hydrogens (tertiary/aromatic N) is 5. The number of fused-ring (bicyclic) bond motifs is 1. The van der Waals surface area contributed by atoms with Crippen molar-refractivity contribution in [3.05, 3.63) is 150 Å². The van der Waals surface area contributed by atoms with Gasteiger partial charge in [-0.25, -0.2) is 9.59 Å². The van der Waals surface area contributed by atoms with Gasteiger partial charge in [0.1, 0.15) is 11.5 Å². The molecule has 0 spiro atoms. The minimum atomic E-state index is -7.07. The van der Waals surface area contributed by atoms with Gasteiger partial charge in [0.25, 0.3) is 0 Å². The first kappa shape index (κ1) is 44.4. The third-order valence-corrected chi connectivity index (χ3v) is 9.36. The lowest BCUT2D eigenvalue weighted by atomic mass is 9.96. The maximum Gasteiger partial charge on any atom is 0.460 e. The summed E-state index contributed by atoms with van der Waals surface area (Å²) in [6, 6.07) is 31.1. The van der Waals surface area contributed by atoms with E-state index in [1.54, 1.807) is 36.4 Å². The number of ether oxygens (including phenoxy) is 2. The average molecular weight is 866 g/mol. The molecule has 0 aliphatic carbocycles. The first-order valence-corrected chi connectivity index (χ1v) is 18.5. The van der Waals surface area contributed by atoms with Crippen LogP contribution in [0.15, 0.2) is 154 Å². The lowest BCUT2D eigenvalue weighted by Crippen LogP contribution is -2.59. The van der Waals surface area contributed by atoms with E-state index in [2.05, 4.69) is 51.3 Å². The fourth-order valence-electron chi connectivity index (χ4n) is 5.95. The van der Waals surface area contributed by atoms with E-state index in [4.69, 9.17) is 9.47 Å². The van der Waals surface area contributed by atoms with Crippen LogP contribution in [0, 0.1) is 0 Å². The van der Waals surface area contributed by atoms with Crippen LogP contribution in [0.1, 0.15) is 40.1 Å². The quantitative estimate of drug-likeness (QED) is 0.0469. The highest BCUT2D eigenvalue weighted by Crippen LogP contribution is 2.56. The summed E-state index contributed by atoms with van der Waals surface area (Å²) in [4.78, 5) is 27.5. The first-order chi connectivity index (χ1) is 29.4. The molecule has 0 aliphatic heterocycles. The van der Waals surface area contributed by atoms with Crippen LogP contribution >= 0.6 is 0 Å². The highest BCUT2D eigenvalue weighted by atomic mass is 19.4. The summed E-state index contributed by atoms with van der Waals surface area (Å²) in [5.74, 6) is -22.0. The summed E-state index contributed by atoms with van der Waals surface area (Å²) in [6.07, 6.45) is -6.97. The van der Waals surface area contributed by atoms with Crippen molar-refractivity contribution in [2.75, 3.05) is 18.0 Å². The van der Waals surface area contributed by atoms with E-state index >= 15 is 0 Å². The summed E-state index contributed by atoms with van der Waals surface area (Å²) >= 11 is 0. The summed E-state index contributed by atoms with van der Waals surface area (Å²) in [5.41, 5.74) is 1.06. The SMILES string of the molecule is CCN(CC)c1ccc(N=Nc2ccc(N=Nc3ccc(OC(=O)c4ccc(OC(=O)c5ccc(C(F)(F)C(F)(F)C(F)(F)C(F)(F)F)cc5)cc4)cc3)cc2)c2ccccc12. The zero-order valence-corrected chi connectivity index (χ0v) is 32.4. The van der Waals surface area contributed by atoms with E-state index in [1.165, 1.54) is 36.4 Å². The minimum absolute atomic E-state index is 0.0151. The van der Waals surface area contributed by atoms with Gasteiger partial charge in [-0.2, -0.15) is 54.9 Å². The topological polar surface area (TPSA) is 105 Å². The van der Waals surface area contributed by atoms with Gasteiger partial charge in [-0.3, -0.25) is 0 Å². The Balaban J connectivity index is 1.01. The zero-order valence-electron chi connectivity index (χ0n) is 32.4. The fourth-order valence-corrected chi connectivity index (χ4v) is 5.95. The van der Waals surface area contributed by atoms with E-state index in [0.717, 1.165) is 35.2 Å². The largest absolute Gasteiger partial charge is 0.460 e. The number of alkyl halides is 9. The summed E-state index contributed by atoms with van der Waals surface area (Å²) < 4.78 is 130. The third-order valence-electron chi connectivity index (χ3n) is 9.36. The highest BCUT2D eigenvalue weighted by molar-refractivity contribution is 6.01. The Morgan fingerprint density at radius 1 is 0.500 bits per heavy atom. The number of anilines is 1. The Labute approximate surface area is 347 Å². The maximum atomic E-state index is 14.2. The molecule has 6 rings (SSSR count). The third kappa shape index (κ3) is 9.28. The molecule has 0 atom stereocenters. The van der Waals surface area contributed by atoms with Crippen molar-refractivity contribution < 1.29 is 58.6 Å². The van der Waals surface area contributed by atoms with Crippen LogP contribution in [0.5, 0.6) is 11.5 Å². The van der Waals surface area contributed by atoms with Crippen molar-refractivity contribution in [1.29, 1.82) is 0 Å². The predicted octanol–water partition coefficient (Wildman–Crippen LogP) is 13.9. The number of hydrogen-bond donors (Lipinski definition) is 0. The molecule has 62 heavy (non-hydrogen) atoms. The molecule has 0 aliphatic rings. The fraction of sp³-hybridized carbons (Fsp3) is 0.182. The monoisotopic (exact) mass is 865 g/mol. The Bertz CT molecular complexity index is 2600. The molecule has 0 radical (unpaired) electrons. The number of hydrogen-bond acceptors (Lipinski definition) is 9. The molecule has 0 fully saturated rings. The van der Waals surface area contributed by atoms with Crippen molar-refractivity contribution in [3.8, 4) is 11.5 Å². The Kier molecular flexibility index (Phi) is 12.8. The first-order valence-electron chi connectivity index (χ1n) is 18.5. The normalized spacial score (nSPS) is 12.6. The summed E-state index contributed by atoms with van der Waals surface area (Å²) in [6.45, 7) is 5.99. The molecule has 6 aromatic rings. The maximum absolute atomic E-state index is 14.2. The van der Waals surface area contributed by atoms with Crippen LogP contribution in [0.3, 0.4) is 0 Å². The van der Waals surface area contributed by atoms with Crippen molar-refractivity contribution >= 4 is 51.1 Å². The molecule has 0 saturated carbocycles. The van der Waals surface area contributed by atoms with Gasteiger partial charge in [-0.1, -0.05) is 36.4 Å². The standard InChI is InChI=1S/C44H32F9N5O4/c1-3-58(4-2)38-26-25-37(35-7-5-6-8-36(35)38)57-56-31-17-15-30(16-18-31)54-55-32-19-23-34(24-20-32)62-40(60)28-11-21-33(22-12-28)61-39(59)27-9-13-29(14-10-27)41(45,46)42(47,48)43(49,50)44(51,52)53/h5-26H,3-4H2,1-2H3. The van der Waals surface area contributed by atoms with E-state index in [-0.39, 0.29) is 29.2 Å². The van der Waals surface area contributed by atoms with Crippen LogP contribution in [0.2, 0.25) is 0 Å². The van der Waals surface area contributed by atoms with E-state index in [9.17, 15) is 49.1 Å². The molecule has 0 bridgehead atoms. The second-order valence-electron chi connectivity index (χ2n) is 13.3. The second-order valence-corrected chi connectivity index (χ2v) is 13.3. The predicted molar refractivity (Wildman–Crippen MR) is 211 cm³/mol. The van der Waals surface area contributed by atoms with E-state index < -0.39 is 47.0 Å². The smallest absolute Gasteiger partial charge is 0.423 e. The molecule has 320 valence electrons. The molecule has 0 amide bonds. The van der Waals surface area contributed by atoms with E-state index in [0.29, 0.717) is 29.2 Å². The van der Waals surface area contributed by atoms with Crippen LogP contribution in [-0.2, 0) is 5.92 Å². The Morgan fingerprint density at radius 3 is 1.39 bits per heavy atom. The molecule has 6 aromatic carbocycles. The number of carbonyl (C=O) groups excluding carboxylic acids is 2. The van der Waals surface area contributed by atoms with Gasteiger partial charge in [-0.05, 0) is 111 Å². The van der Waals surface area contributed by atoms with Gasteiger partial charge >= 0.3 is 35.9 Å². The van der Waals surface area contributed by atoms with Gasteiger partial charge in [-0.15, -0.1) is 5.11 Å². The Morgan fingerprint density at radius 2 is 0.919 bits per heavy atom. The van der Waals surface area contributed by atoms with Crippen LogP contribution in [-0.4, -0.2) is 43.0 Å². The van der Waals surface area contributed by atoms with Gasteiger partial charge in [0, 0.05) is 35.1 Å². The molecule has 0 unspecified atom stereocenters. The second kappa shape index (κ2) is 17.9. The van der Waals surface area contributed by atoms with Gasteiger partial charge in [0.2, 0.25) is 0 Å². The van der Waals surface area contributed by atoms with E-state index in [1.807, 2.05) is 24.3 Å². The van der Waals surface area contributed by atoms with Crippen LogP contribution in [0.25, 0.3) is 10.8 Å². The molecule has 18 heteroatoms. The van der Waals surface area contributed by atoms with Gasteiger partial charge in [0.15, 0.2) is 0 Å². The molecule has 0 heterocycles. The number of rotatable bonds is 14. The van der Waals surface area contributed by atoms with Crippen molar-refractivity contribution in [1.82, 2.24) is 0 Å². The summed E-state index contributed by atoms with van der Waals surface area (Å²) in [7, 11) is 0. The highest BCUT2D eigenvalue weighted by Gasteiger charge is 2.82. The Hall–Kier alpha value is -7.11. The molecular weight excluding hydrogens is 833 g/mol. The number of azo groups is 2. The molecule has 0 saturated heterocycles. The lowest BCUT2D eigenvalue weighted by molar-refractivity contribution is -0.399. The zero-order chi connectivity index (χ0) is 44.9. The van der Waals surface area contributed by atoms with Crippen LogP contribution in [0.4, 0.5) is 68.0 Å². The van der Waals surface area contributed by atoms with Crippen molar-refractivity contribution in [2.24, 2.45) is 20.5 Å². The minimum Gasteiger partial charge on any atom is -0.423 e. The summed E-state index contributed by atoms with van der Waals surface area (Å²) in [5, 5.41) is 19.4. The van der Waals surface area contributed by atoms with Crippen LogP contribution < -0.4 is 14.4 Å². The van der Waals surface area contributed by atoms with Gasteiger partial charge in [0.05, 0.1) is 33.9 Å². The average Bonchev–Trinajstić information content (AvgIpc) is 3.26.